The van der Waals surface area contributed by atoms with Gasteiger partial charge in [0.1, 0.15) is 0 Å². The second kappa shape index (κ2) is 8.80. The summed E-state index contributed by atoms with van der Waals surface area (Å²) < 4.78 is 5.14. The van der Waals surface area contributed by atoms with Crippen LogP contribution >= 0.6 is 11.6 Å². The van der Waals surface area contributed by atoms with Crippen LogP contribution in [0.2, 0.25) is 5.02 Å². The summed E-state index contributed by atoms with van der Waals surface area (Å²) >= 11 is 5.92. The zero-order valence-electron chi connectivity index (χ0n) is 14.0. The Labute approximate surface area is 150 Å². The molecule has 136 valence electrons. The summed E-state index contributed by atoms with van der Waals surface area (Å²) in [5.74, 6) is -0.357. The predicted molar refractivity (Wildman–Crippen MR) is 93.5 cm³/mol. The molecular formula is C17H21ClN2O5. The molecule has 0 radical (unpaired) electrons. The summed E-state index contributed by atoms with van der Waals surface area (Å²) in [4.78, 5) is 34.0. The quantitative estimate of drug-likeness (QED) is 0.444. The first-order valence-corrected chi connectivity index (χ1v) is 8.69. The average molecular weight is 369 g/mol. The van der Waals surface area contributed by atoms with Crippen LogP contribution in [0, 0.1) is 16.0 Å². The predicted octanol–water partition coefficient (Wildman–Crippen LogP) is 4.09. The van der Waals surface area contributed by atoms with E-state index < -0.39 is 22.9 Å². The fraction of sp³-hybridized carbons (Fsp3) is 0.529. The summed E-state index contributed by atoms with van der Waals surface area (Å²) in [7, 11) is 0. The van der Waals surface area contributed by atoms with Gasteiger partial charge in [0, 0.05) is 18.6 Å². The van der Waals surface area contributed by atoms with Crippen LogP contribution in [0.4, 0.5) is 11.4 Å². The number of nitrogens with zero attached hydrogens (tertiary/aromatic N) is 1. The number of benzene rings is 1. The molecule has 0 aliphatic heterocycles. The number of halogens is 1. The summed E-state index contributed by atoms with van der Waals surface area (Å²) in [6.07, 6.45) is 4.87. The number of rotatable bonds is 7. The zero-order chi connectivity index (χ0) is 18.4. The first-order valence-electron chi connectivity index (χ1n) is 8.31. The minimum atomic E-state index is -0.970. The molecule has 0 spiro atoms. The number of nitrogens with one attached hydrogen (secondary N) is 1. The van der Waals surface area contributed by atoms with Crippen LogP contribution in [0.25, 0.3) is 0 Å². The number of hydrogen-bond donors (Lipinski definition) is 1. The Bertz CT molecular complexity index is 658. The number of carbonyl (C=O) groups is 2. The van der Waals surface area contributed by atoms with Crippen molar-refractivity contribution in [3.63, 3.8) is 0 Å². The number of hydrogen-bond acceptors (Lipinski definition) is 5. The lowest BCUT2D eigenvalue weighted by Crippen LogP contribution is -2.30. The Morgan fingerprint density at radius 2 is 2.08 bits per heavy atom. The van der Waals surface area contributed by atoms with E-state index in [0.29, 0.717) is 12.3 Å². The van der Waals surface area contributed by atoms with Gasteiger partial charge in [-0.3, -0.25) is 19.7 Å². The first kappa shape index (κ1) is 19.2. The minimum absolute atomic E-state index is 0.0438. The van der Waals surface area contributed by atoms with E-state index >= 15 is 0 Å². The number of esters is 1. The molecule has 1 saturated carbocycles. The lowest BCUT2D eigenvalue weighted by molar-refractivity contribution is -0.384. The summed E-state index contributed by atoms with van der Waals surface area (Å²) in [5, 5.41) is 13.2. The molecule has 0 saturated heterocycles. The van der Waals surface area contributed by atoms with Gasteiger partial charge in [0.15, 0.2) is 6.10 Å². The summed E-state index contributed by atoms with van der Waals surface area (Å²) in [6, 6.07) is 3.72. The van der Waals surface area contributed by atoms with Gasteiger partial charge >= 0.3 is 5.97 Å². The van der Waals surface area contributed by atoms with Crippen molar-refractivity contribution >= 4 is 34.9 Å². The molecule has 0 unspecified atom stereocenters. The number of carbonyl (C=O) groups excluding carboxylic acids is 2. The third-order valence-electron chi connectivity index (χ3n) is 4.33. The number of anilines is 1. The van der Waals surface area contributed by atoms with Gasteiger partial charge in [-0.05, 0) is 25.3 Å². The first-order chi connectivity index (χ1) is 11.9. The fourth-order valence-electron chi connectivity index (χ4n) is 2.88. The SMILES string of the molecule is C[C@H](OC(=O)CCC1CCCC1)C(=O)Nc1ccc([N+](=O)[O-])cc1Cl. The van der Waals surface area contributed by atoms with Crippen LogP contribution in [0.3, 0.4) is 0 Å². The number of non-ortho nitro benzene ring substituents is 1. The normalized spacial score (nSPS) is 15.6. The molecule has 1 N–H and O–H groups in total. The fourth-order valence-corrected chi connectivity index (χ4v) is 3.11. The molecule has 1 aromatic rings. The van der Waals surface area contributed by atoms with E-state index in [1.165, 1.54) is 31.9 Å². The molecule has 1 aromatic carbocycles. The van der Waals surface area contributed by atoms with E-state index in [1.54, 1.807) is 0 Å². The second-order valence-corrected chi connectivity index (χ2v) is 6.64. The Morgan fingerprint density at radius 1 is 1.40 bits per heavy atom. The minimum Gasteiger partial charge on any atom is -0.453 e. The van der Waals surface area contributed by atoms with Gasteiger partial charge < -0.3 is 10.1 Å². The highest BCUT2D eigenvalue weighted by Gasteiger charge is 2.21. The third kappa shape index (κ3) is 5.70. The second-order valence-electron chi connectivity index (χ2n) is 6.23. The molecule has 0 aromatic heterocycles. The van der Waals surface area contributed by atoms with Gasteiger partial charge in [0.25, 0.3) is 11.6 Å². The molecule has 8 heteroatoms. The van der Waals surface area contributed by atoms with Crippen molar-refractivity contribution in [2.24, 2.45) is 5.92 Å². The van der Waals surface area contributed by atoms with E-state index in [4.69, 9.17) is 16.3 Å². The standard InChI is InChI=1S/C17H21ClN2O5/c1-11(25-16(21)9-6-12-4-2-3-5-12)17(22)19-15-8-7-13(20(23)24)10-14(15)18/h7-8,10-12H,2-6,9H2,1H3,(H,19,22)/t11-/m0/s1. The smallest absolute Gasteiger partial charge is 0.306 e. The molecule has 1 aliphatic carbocycles. The number of amides is 1. The van der Waals surface area contributed by atoms with Gasteiger partial charge in [0.2, 0.25) is 0 Å². The van der Waals surface area contributed by atoms with E-state index in [9.17, 15) is 19.7 Å². The maximum atomic E-state index is 12.1. The Morgan fingerprint density at radius 3 is 2.68 bits per heavy atom. The molecule has 0 bridgehead atoms. The monoisotopic (exact) mass is 368 g/mol. The van der Waals surface area contributed by atoms with Gasteiger partial charge in [-0.15, -0.1) is 0 Å². The van der Waals surface area contributed by atoms with Crippen molar-refractivity contribution in [1.29, 1.82) is 0 Å². The molecule has 25 heavy (non-hydrogen) atoms. The highest BCUT2D eigenvalue weighted by atomic mass is 35.5. The maximum Gasteiger partial charge on any atom is 0.306 e. The number of nitro groups is 1. The maximum absolute atomic E-state index is 12.1. The molecule has 0 heterocycles. The Kier molecular flexibility index (Phi) is 6.75. The molecule has 1 fully saturated rings. The molecule has 1 amide bonds. The van der Waals surface area contributed by atoms with Crippen LogP contribution in [-0.2, 0) is 14.3 Å². The van der Waals surface area contributed by atoms with Gasteiger partial charge in [-0.25, -0.2) is 0 Å². The van der Waals surface area contributed by atoms with Crippen molar-refractivity contribution in [2.45, 2.75) is 51.6 Å². The van der Waals surface area contributed by atoms with E-state index in [1.807, 2.05) is 0 Å². The van der Waals surface area contributed by atoms with Crippen LogP contribution < -0.4 is 5.32 Å². The van der Waals surface area contributed by atoms with Crippen molar-refractivity contribution in [2.75, 3.05) is 5.32 Å². The van der Waals surface area contributed by atoms with Gasteiger partial charge in [-0.1, -0.05) is 37.3 Å². The van der Waals surface area contributed by atoms with Gasteiger partial charge in [0.05, 0.1) is 15.6 Å². The Balaban J connectivity index is 1.83. The van der Waals surface area contributed by atoms with Crippen molar-refractivity contribution in [3.8, 4) is 0 Å². The van der Waals surface area contributed by atoms with Crippen LogP contribution in [0.15, 0.2) is 18.2 Å². The van der Waals surface area contributed by atoms with Crippen molar-refractivity contribution in [1.82, 2.24) is 0 Å². The number of nitro benzene ring substituents is 1. The zero-order valence-corrected chi connectivity index (χ0v) is 14.8. The van der Waals surface area contributed by atoms with Crippen molar-refractivity contribution < 1.29 is 19.2 Å². The highest BCUT2D eigenvalue weighted by molar-refractivity contribution is 6.34. The topological polar surface area (TPSA) is 98.5 Å². The highest BCUT2D eigenvalue weighted by Crippen LogP contribution is 2.29. The van der Waals surface area contributed by atoms with Crippen LogP contribution in [0.5, 0.6) is 0 Å². The summed E-state index contributed by atoms with van der Waals surface area (Å²) in [6.45, 7) is 1.47. The van der Waals surface area contributed by atoms with Crippen LogP contribution in [0.1, 0.15) is 45.4 Å². The number of ether oxygens (including phenoxy) is 1. The average Bonchev–Trinajstić information content (AvgIpc) is 3.08. The Hall–Kier alpha value is -2.15. The van der Waals surface area contributed by atoms with Crippen molar-refractivity contribution in [3.05, 3.63) is 33.3 Å². The largest absolute Gasteiger partial charge is 0.453 e. The van der Waals surface area contributed by atoms with E-state index in [0.717, 1.165) is 25.3 Å². The van der Waals surface area contributed by atoms with E-state index in [-0.39, 0.29) is 16.4 Å². The molecule has 1 atom stereocenters. The molecule has 1 aliphatic rings. The van der Waals surface area contributed by atoms with Gasteiger partial charge in [-0.2, -0.15) is 0 Å². The lowest BCUT2D eigenvalue weighted by Gasteiger charge is -2.15. The van der Waals surface area contributed by atoms with E-state index in [2.05, 4.69) is 5.32 Å². The molecular weight excluding hydrogens is 348 g/mol. The molecule has 7 nitrogen and oxygen atoms in total. The lowest BCUT2D eigenvalue weighted by atomic mass is 10.0. The molecule has 2 rings (SSSR count). The third-order valence-corrected chi connectivity index (χ3v) is 4.64. The summed E-state index contributed by atoms with van der Waals surface area (Å²) in [5.41, 5.74) is 0.0560. The van der Waals surface area contributed by atoms with Crippen LogP contribution in [-0.4, -0.2) is 22.9 Å².